The maximum absolute atomic E-state index is 15.0. The lowest BCUT2D eigenvalue weighted by Gasteiger charge is -2.35. The molecule has 2 amide bonds. The molecule has 3 fully saturated rings. The van der Waals surface area contributed by atoms with Crippen LogP contribution in [-0.2, 0) is 16.0 Å². The molecule has 0 radical (unpaired) electrons. The Morgan fingerprint density at radius 3 is 2.57 bits per heavy atom. The summed E-state index contributed by atoms with van der Waals surface area (Å²) < 4.78 is 20.5. The van der Waals surface area contributed by atoms with Crippen molar-refractivity contribution in [3.05, 3.63) is 35.1 Å². The van der Waals surface area contributed by atoms with Crippen LogP contribution in [0.1, 0.15) is 69.9 Å². The Bertz CT molecular complexity index is 993. The minimum atomic E-state index is -0.884. The van der Waals surface area contributed by atoms with Gasteiger partial charge in [-0.1, -0.05) is 12.1 Å². The Kier molecular flexibility index (Phi) is 7.37. The highest BCUT2D eigenvalue weighted by Gasteiger charge is 2.52. The first-order chi connectivity index (χ1) is 16.6. The van der Waals surface area contributed by atoms with Gasteiger partial charge >= 0.3 is 6.09 Å². The van der Waals surface area contributed by atoms with Gasteiger partial charge in [0, 0.05) is 12.5 Å². The van der Waals surface area contributed by atoms with Crippen molar-refractivity contribution in [2.45, 2.75) is 88.9 Å². The molecule has 2 saturated heterocycles. The number of piperidine rings is 2. The molecular formula is C27H37FN4O3. The third-order valence-corrected chi connectivity index (χ3v) is 7.62. The molecule has 1 saturated carbocycles. The van der Waals surface area contributed by atoms with E-state index in [1.54, 1.807) is 37.8 Å². The Labute approximate surface area is 207 Å². The normalized spacial score (nSPS) is 25.8. The van der Waals surface area contributed by atoms with E-state index in [1.807, 2.05) is 6.07 Å². The molecule has 2 aliphatic heterocycles. The quantitative estimate of drug-likeness (QED) is 0.684. The lowest BCUT2D eigenvalue weighted by molar-refractivity contribution is -0.128. The van der Waals surface area contributed by atoms with E-state index >= 15 is 0 Å². The zero-order valence-corrected chi connectivity index (χ0v) is 21.2. The van der Waals surface area contributed by atoms with Crippen LogP contribution in [0.5, 0.6) is 0 Å². The first kappa shape index (κ1) is 25.4. The molecule has 0 aromatic heterocycles. The van der Waals surface area contributed by atoms with Gasteiger partial charge in [-0.15, -0.1) is 0 Å². The van der Waals surface area contributed by atoms with Crippen molar-refractivity contribution in [2.24, 2.45) is 5.92 Å². The van der Waals surface area contributed by atoms with Gasteiger partial charge < -0.3 is 15.0 Å². The van der Waals surface area contributed by atoms with Crippen LogP contribution in [0.2, 0.25) is 0 Å². The van der Waals surface area contributed by atoms with Gasteiger partial charge in [-0.3, -0.25) is 9.69 Å². The van der Waals surface area contributed by atoms with Crippen molar-refractivity contribution < 1.29 is 18.7 Å². The molecule has 3 aliphatic rings. The maximum Gasteiger partial charge on any atom is 0.411 e. The molecule has 4 rings (SSSR count). The number of hydrogen-bond donors (Lipinski definition) is 1. The van der Waals surface area contributed by atoms with E-state index < -0.39 is 23.8 Å². The van der Waals surface area contributed by atoms with Crippen LogP contribution in [0.15, 0.2) is 18.2 Å². The fourth-order valence-corrected chi connectivity index (χ4v) is 5.83. The minimum Gasteiger partial charge on any atom is -0.444 e. The number of nitrogens with one attached hydrogen (secondary N) is 1. The molecular weight excluding hydrogens is 447 g/mol. The molecule has 0 spiro atoms. The summed E-state index contributed by atoms with van der Waals surface area (Å²) in [6, 6.07) is 5.82. The third-order valence-electron chi connectivity index (χ3n) is 7.62. The predicted octanol–water partition coefficient (Wildman–Crippen LogP) is 3.97. The van der Waals surface area contributed by atoms with E-state index in [0.717, 1.165) is 50.8 Å². The highest BCUT2D eigenvalue weighted by atomic mass is 19.1. The number of halogens is 1. The van der Waals surface area contributed by atoms with Gasteiger partial charge in [0.15, 0.2) is 0 Å². The highest BCUT2D eigenvalue weighted by molar-refractivity contribution is 5.87. The zero-order valence-electron chi connectivity index (χ0n) is 21.2. The van der Waals surface area contributed by atoms with Crippen LogP contribution in [-0.4, -0.2) is 65.7 Å². The molecule has 35 heavy (non-hydrogen) atoms. The molecule has 7 nitrogen and oxygen atoms in total. The fraction of sp³-hybridized carbons (Fsp3) is 0.667. The minimum absolute atomic E-state index is 0.0179. The van der Waals surface area contributed by atoms with Gasteiger partial charge in [-0.05, 0) is 102 Å². The Morgan fingerprint density at radius 1 is 1.23 bits per heavy atom. The number of amides is 2. The van der Waals surface area contributed by atoms with Crippen molar-refractivity contribution >= 4 is 12.0 Å². The summed E-state index contributed by atoms with van der Waals surface area (Å²) in [5.74, 6) is -0.306. The highest BCUT2D eigenvalue weighted by Crippen LogP contribution is 2.43. The van der Waals surface area contributed by atoms with Crippen LogP contribution in [0.4, 0.5) is 9.18 Å². The van der Waals surface area contributed by atoms with Crippen LogP contribution in [0.25, 0.3) is 0 Å². The van der Waals surface area contributed by atoms with E-state index in [1.165, 1.54) is 0 Å². The molecule has 1 aliphatic carbocycles. The average Bonchev–Trinajstić information content (AvgIpc) is 3.41. The second-order valence-electron chi connectivity index (χ2n) is 11.4. The van der Waals surface area contributed by atoms with Crippen LogP contribution in [0, 0.1) is 23.1 Å². The number of ether oxygens (including phenoxy) is 1. The van der Waals surface area contributed by atoms with E-state index in [0.29, 0.717) is 11.5 Å². The van der Waals surface area contributed by atoms with Crippen molar-refractivity contribution in [3.8, 4) is 6.07 Å². The average molecular weight is 485 g/mol. The summed E-state index contributed by atoms with van der Waals surface area (Å²) in [4.78, 5) is 29.9. The van der Waals surface area contributed by atoms with Gasteiger partial charge in [0.05, 0.1) is 6.07 Å². The zero-order chi connectivity index (χ0) is 25.3. The van der Waals surface area contributed by atoms with Crippen molar-refractivity contribution in [2.75, 3.05) is 20.1 Å². The number of carbonyl (C=O) groups excluding carboxylic acids is 2. The fourth-order valence-electron chi connectivity index (χ4n) is 5.83. The Hall–Kier alpha value is -2.66. The maximum atomic E-state index is 15.0. The van der Waals surface area contributed by atoms with Crippen molar-refractivity contribution in [1.82, 2.24) is 15.1 Å². The monoisotopic (exact) mass is 484 g/mol. The Morgan fingerprint density at radius 2 is 1.94 bits per heavy atom. The lowest BCUT2D eigenvalue weighted by atomic mass is 9.88. The van der Waals surface area contributed by atoms with Crippen LogP contribution < -0.4 is 5.32 Å². The number of likely N-dealkylation sites (tertiary alicyclic amines) is 2. The largest absolute Gasteiger partial charge is 0.444 e. The van der Waals surface area contributed by atoms with Gasteiger partial charge in [0.1, 0.15) is 23.5 Å². The topological polar surface area (TPSA) is 85.7 Å². The SMILES string of the molecule is CN1CCC(c2ccc(C[C@@H](C#N)NC(=O)C3C4CCC(C4)N3C(=O)OC(C)(C)C)c(F)c2)CC1. The summed E-state index contributed by atoms with van der Waals surface area (Å²) in [6.07, 6.45) is 4.08. The summed E-state index contributed by atoms with van der Waals surface area (Å²) >= 11 is 0. The van der Waals surface area contributed by atoms with Gasteiger partial charge in [-0.25, -0.2) is 9.18 Å². The van der Waals surface area contributed by atoms with Gasteiger partial charge in [0.2, 0.25) is 5.91 Å². The summed E-state index contributed by atoms with van der Waals surface area (Å²) in [6.45, 7) is 7.39. The number of nitrogens with zero attached hydrogens (tertiary/aromatic N) is 3. The molecule has 4 atom stereocenters. The molecule has 1 aromatic rings. The smallest absolute Gasteiger partial charge is 0.411 e. The molecule has 3 unspecified atom stereocenters. The Balaban J connectivity index is 1.41. The molecule has 1 aromatic carbocycles. The van der Waals surface area contributed by atoms with E-state index in [2.05, 4.69) is 23.3 Å². The predicted molar refractivity (Wildman–Crippen MR) is 130 cm³/mol. The first-order valence-corrected chi connectivity index (χ1v) is 12.7. The standard InChI is InChI=1S/C27H37FN4O3/c1-27(2,3)35-26(34)32-22-8-7-20(14-22)24(32)25(33)30-21(16-29)13-19-6-5-18(15-23(19)28)17-9-11-31(4)12-10-17/h5-6,15,17,20-22,24H,7-14H2,1-4H3,(H,30,33)/t20?,21-,22?,24?/m0/s1. The molecule has 2 bridgehead atoms. The summed E-state index contributed by atoms with van der Waals surface area (Å²) in [5, 5.41) is 12.5. The second-order valence-corrected chi connectivity index (χ2v) is 11.4. The second kappa shape index (κ2) is 10.1. The van der Waals surface area contributed by atoms with Crippen LogP contribution in [0.3, 0.4) is 0 Å². The number of benzene rings is 1. The number of fused-ring (bicyclic) bond motifs is 2. The number of nitriles is 1. The summed E-state index contributed by atoms with van der Waals surface area (Å²) in [5.41, 5.74) is 0.740. The molecule has 2 heterocycles. The van der Waals surface area contributed by atoms with E-state index in [-0.39, 0.29) is 30.1 Å². The lowest BCUT2D eigenvalue weighted by Crippen LogP contribution is -2.55. The number of hydrogen-bond acceptors (Lipinski definition) is 5. The molecule has 1 N–H and O–H groups in total. The summed E-state index contributed by atoms with van der Waals surface area (Å²) in [7, 11) is 2.10. The van der Waals surface area contributed by atoms with Gasteiger partial charge in [0.25, 0.3) is 0 Å². The number of carbonyl (C=O) groups is 2. The molecule has 190 valence electrons. The van der Waals surface area contributed by atoms with E-state index in [4.69, 9.17) is 4.74 Å². The van der Waals surface area contributed by atoms with E-state index in [9.17, 15) is 19.2 Å². The third kappa shape index (κ3) is 5.78. The van der Waals surface area contributed by atoms with Gasteiger partial charge in [-0.2, -0.15) is 5.26 Å². The van der Waals surface area contributed by atoms with Crippen LogP contribution >= 0.6 is 0 Å². The first-order valence-electron chi connectivity index (χ1n) is 12.7. The van der Waals surface area contributed by atoms with Crippen molar-refractivity contribution in [1.29, 1.82) is 5.26 Å². The number of rotatable bonds is 5. The molecule has 8 heteroatoms. The van der Waals surface area contributed by atoms with Crippen molar-refractivity contribution in [3.63, 3.8) is 0 Å².